The molecule has 4 heteroatoms. The lowest BCUT2D eigenvalue weighted by Crippen LogP contribution is -1.83. The molecule has 0 heterocycles. The van der Waals surface area contributed by atoms with Crippen LogP contribution in [0.15, 0.2) is 42.5 Å². The fraction of sp³-hybridized carbons (Fsp3) is 0.0667. The van der Waals surface area contributed by atoms with Crippen molar-refractivity contribution in [2.45, 2.75) is 0 Å². The third-order valence-electron chi connectivity index (χ3n) is 2.71. The van der Waals surface area contributed by atoms with Crippen molar-refractivity contribution >= 4 is 6.08 Å². The van der Waals surface area contributed by atoms with E-state index in [1.165, 1.54) is 24.3 Å². The summed E-state index contributed by atoms with van der Waals surface area (Å²) in [6.07, 6.45) is 3.27. The Bertz CT molecular complexity index is 618. The minimum Gasteiger partial charge on any atom is -0.508 e. The summed E-state index contributed by atoms with van der Waals surface area (Å²) in [4.78, 5) is 0. The van der Waals surface area contributed by atoms with Gasteiger partial charge in [-0.05, 0) is 35.9 Å². The van der Waals surface area contributed by atoms with Crippen LogP contribution in [0.2, 0.25) is 0 Å². The highest BCUT2D eigenvalue weighted by atomic mass is 16.3. The molecule has 0 unspecified atom stereocenters. The monoisotopic (exact) mass is 258 g/mol. The molecule has 2 aromatic rings. The van der Waals surface area contributed by atoms with Crippen molar-refractivity contribution in [2.24, 2.45) is 0 Å². The Labute approximate surface area is 110 Å². The summed E-state index contributed by atoms with van der Waals surface area (Å²) in [5.41, 5.74) is 1.52. The molecular formula is C15H14O4. The van der Waals surface area contributed by atoms with Crippen LogP contribution in [0.5, 0.6) is 17.2 Å². The Balaban J connectivity index is 2.54. The van der Waals surface area contributed by atoms with Gasteiger partial charge in [0.25, 0.3) is 0 Å². The van der Waals surface area contributed by atoms with Crippen molar-refractivity contribution in [2.75, 3.05) is 6.61 Å². The number of aliphatic hydroxyl groups is 1. The highest BCUT2D eigenvalue weighted by molar-refractivity contribution is 5.78. The summed E-state index contributed by atoms with van der Waals surface area (Å²) in [5.74, 6) is -0.0260. The number of rotatable bonds is 3. The van der Waals surface area contributed by atoms with Gasteiger partial charge in [0.05, 0.1) is 6.61 Å². The van der Waals surface area contributed by atoms with Crippen LogP contribution in [0.1, 0.15) is 5.56 Å². The second-order valence-electron chi connectivity index (χ2n) is 4.06. The average molecular weight is 258 g/mol. The van der Waals surface area contributed by atoms with E-state index in [1.807, 2.05) is 0 Å². The molecule has 2 aromatic carbocycles. The van der Waals surface area contributed by atoms with Crippen molar-refractivity contribution in [3.8, 4) is 28.4 Å². The van der Waals surface area contributed by atoms with E-state index in [9.17, 15) is 15.3 Å². The molecule has 19 heavy (non-hydrogen) atoms. The normalized spacial score (nSPS) is 11.0. The van der Waals surface area contributed by atoms with Gasteiger partial charge in [0.1, 0.15) is 17.2 Å². The zero-order valence-electron chi connectivity index (χ0n) is 10.1. The van der Waals surface area contributed by atoms with Crippen LogP contribution in [-0.2, 0) is 0 Å². The molecule has 0 aliphatic heterocycles. The van der Waals surface area contributed by atoms with Crippen LogP contribution >= 0.6 is 0 Å². The van der Waals surface area contributed by atoms with E-state index < -0.39 is 0 Å². The lowest BCUT2D eigenvalue weighted by molar-refractivity contribution is 0.343. The first kappa shape index (κ1) is 13.0. The Morgan fingerprint density at radius 1 is 0.842 bits per heavy atom. The predicted octanol–water partition coefficient (Wildman–Crippen LogP) is 2.48. The van der Waals surface area contributed by atoms with Gasteiger partial charge in [0, 0.05) is 11.1 Å². The Hall–Kier alpha value is -2.46. The summed E-state index contributed by atoms with van der Waals surface area (Å²) in [6, 6.07) is 8.95. The van der Waals surface area contributed by atoms with E-state index in [2.05, 4.69) is 0 Å². The number of aliphatic hydroxyl groups excluding tert-OH is 1. The van der Waals surface area contributed by atoms with E-state index in [0.717, 1.165) is 5.56 Å². The lowest BCUT2D eigenvalue weighted by atomic mass is 10.0. The van der Waals surface area contributed by atoms with Crippen LogP contribution in [-0.4, -0.2) is 27.0 Å². The van der Waals surface area contributed by atoms with Gasteiger partial charge in [0.2, 0.25) is 0 Å². The number of phenolic OH excluding ortho intramolecular Hbond substituents is 3. The van der Waals surface area contributed by atoms with E-state index in [0.29, 0.717) is 11.1 Å². The number of benzene rings is 2. The van der Waals surface area contributed by atoms with Crippen LogP contribution in [0, 0.1) is 0 Å². The van der Waals surface area contributed by atoms with Gasteiger partial charge in [-0.1, -0.05) is 18.2 Å². The Morgan fingerprint density at radius 3 is 2.16 bits per heavy atom. The van der Waals surface area contributed by atoms with Gasteiger partial charge in [-0.15, -0.1) is 0 Å². The topological polar surface area (TPSA) is 80.9 Å². The average Bonchev–Trinajstić information content (AvgIpc) is 2.41. The molecule has 0 bridgehead atoms. The van der Waals surface area contributed by atoms with Crippen molar-refractivity contribution in [1.82, 2.24) is 0 Å². The molecule has 0 radical (unpaired) electrons. The smallest absolute Gasteiger partial charge is 0.123 e. The molecule has 0 saturated heterocycles. The van der Waals surface area contributed by atoms with Crippen molar-refractivity contribution < 1.29 is 20.4 Å². The summed E-state index contributed by atoms with van der Waals surface area (Å²) < 4.78 is 0. The summed E-state index contributed by atoms with van der Waals surface area (Å²) in [5, 5.41) is 37.9. The number of hydrogen-bond donors (Lipinski definition) is 4. The summed E-state index contributed by atoms with van der Waals surface area (Å²) in [6.45, 7) is -0.0758. The maximum absolute atomic E-state index is 9.86. The zero-order chi connectivity index (χ0) is 13.8. The molecule has 0 aromatic heterocycles. The van der Waals surface area contributed by atoms with Gasteiger partial charge in [-0.3, -0.25) is 0 Å². The first-order chi connectivity index (χ1) is 9.11. The van der Waals surface area contributed by atoms with E-state index >= 15 is 0 Å². The third-order valence-corrected chi connectivity index (χ3v) is 2.71. The van der Waals surface area contributed by atoms with Crippen molar-refractivity contribution in [3.63, 3.8) is 0 Å². The van der Waals surface area contributed by atoms with Gasteiger partial charge in [-0.25, -0.2) is 0 Å². The molecule has 4 nitrogen and oxygen atoms in total. The lowest BCUT2D eigenvalue weighted by Gasteiger charge is -2.09. The summed E-state index contributed by atoms with van der Waals surface area (Å²) in [7, 11) is 0. The summed E-state index contributed by atoms with van der Waals surface area (Å²) >= 11 is 0. The number of hydrogen-bond acceptors (Lipinski definition) is 4. The number of aromatic hydroxyl groups is 3. The van der Waals surface area contributed by atoms with Gasteiger partial charge in [0.15, 0.2) is 0 Å². The predicted molar refractivity (Wildman–Crippen MR) is 73.0 cm³/mol. The molecule has 0 spiro atoms. The number of phenols is 3. The first-order valence-electron chi connectivity index (χ1n) is 5.74. The molecule has 0 aliphatic rings. The molecule has 0 amide bonds. The highest BCUT2D eigenvalue weighted by Gasteiger charge is 2.10. The van der Waals surface area contributed by atoms with Crippen molar-refractivity contribution in [1.29, 1.82) is 0 Å². The SMILES string of the molecule is OCC=Cc1ccc(O)c(-c2cc(O)ccc2O)c1. The van der Waals surface area contributed by atoms with Crippen LogP contribution in [0.4, 0.5) is 0 Å². The molecule has 4 N–H and O–H groups in total. The van der Waals surface area contributed by atoms with Crippen LogP contribution in [0.3, 0.4) is 0 Å². The molecule has 0 aliphatic carbocycles. The Kier molecular flexibility index (Phi) is 3.73. The maximum atomic E-state index is 9.86. The van der Waals surface area contributed by atoms with Crippen LogP contribution < -0.4 is 0 Å². The minimum absolute atomic E-state index is 0.00190. The standard InChI is InChI=1S/C15H14O4/c16-7-1-2-10-3-5-14(18)12(8-10)13-9-11(17)4-6-15(13)19/h1-6,8-9,16-19H,7H2. The van der Waals surface area contributed by atoms with E-state index in [-0.39, 0.29) is 23.9 Å². The minimum atomic E-state index is -0.0758. The second-order valence-corrected chi connectivity index (χ2v) is 4.06. The van der Waals surface area contributed by atoms with Gasteiger partial charge < -0.3 is 20.4 Å². The van der Waals surface area contributed by atoms with E-state index in [1.54, 1.807) is 24.3 Å². The zero-order valence-corrected chi connectivity index (χ0v) is 10.1. The highest BCUT2D eigenvalue weighted by Crippen LogP contribution is 2.37. The largest absolute Gasteiger partial charge is 0.508 e. The fourth-order valence-electron chi connectivity index (χ4n) is 1.80. The molecular weight excluding hydrogens is 244 g/mol. The quantitative estimate of drug-likeness (QED) is 0.637. The molecule has 98 valence electrons. The van der Waals surface area contributed by atoms with Crippen LogP contribution in [0.25, 0.3) is 17.2 Å². The fourth-order valence-corrected chi connectivity index (χ4v) is 1.80. The molecule has 2 rings (SSSR count). The van der Waals surface area contributed by atoms with Gasteiger partial charge >= 0.3 is 0 Å². The molecule has 0 atom stereocenters. The Morgan fingerprint density at radius 2 is 1.47 bits per heavy atom. The third kappa shape index (κ3) is 2.86. The van der Waals surface area contributed by atoms with Gasteiger partial charge in [-0.2, -0.15) is 0 Å². The molecule has 0 fully saturated rings. The second kappa shape index (κ2) is 5.46. The van der Waals surface area contributed by atoms with Crippen molar-refractivity contribution in [3.05, 3.63) is 48.0 Å². The maximum Gasteiger partial charge on any atom is 0.123 e. The van der Waals surface area contributed by atoms with E-state index in [4.69, 9.17) is 5.11 Å². The first-order valence-corrected chi connectivity index (χ1v) is 5.74. The molecule has 0 saturated carbocycles.